The van der Waals surface area contributed by atoms with Crippen molar-refractivity contribution in [2.24, 2.45) is 5.92 Å². The number of ether oxygens (including phenoxy) is 2. The summed E-state index contributed by atoms with van der Waals surface area (Å²) in [5, 5.41) is 2.44. The van der Waals surface area contributed by atoms with Crippen molar-refractivity contribution in [1.82, 2.24) is 0 Å². The van der Waals surface area contributed by atoms with E-state index in [-0.39, 0.29) is 18.0 Å². The molecule has 28 heavy (non-hydrogen) atoms. The molecule has 4 nitrogen and oxygen atoms in total. The van der Waals surface area contributed by atoms with Crippen LogP contribution in [0.3, 0.4) is 0 Å². The Morgan fingerprint density at radius 2 is 1.96 bits per heavy atom. The lowest BCUT2D eigenvalue weighted by Crippen LogP contribution is -3.11. The number of hydrogen-bond donors (Lipinski definition) is 1. The second-order valence-electron chi connectivity index (χ2n) is 7.78. The summed E-state index contributed by atoms with van der Waals surface area (Å²) in [5.74, 6) is -0.226. The van der Waals surface area contributed by atoms with Gasteiger partial charge in [0.15, 0.2) is 0 Å². The molecule has 2 aromatic rings. The lowest BCUT2D eigenvalue weighted by molar-refractivity contribution is -0.896. The van der Waals surface area contributed by atoms with Gasteiger partial charge < -0.3 is 14.4 Å². The summed E-state index contributed by atoms with van der Waals surface area (Å²) in [4.78, 5) is 14.4. The lowest BCUT2D eigenvalue weighted by atomic mass is 9.90. The fraction of sp³-hybridized carbons (Fsp3) is 0.542. The first kappa shape index (κ1) is 20.8. The molecule has 0 aliphatic carbocycles. The molecule has 0 saturated carbocycles. The smallest absolute Gasteiger partial charge is 0.309 e. The van der Waals surface area contributed by atoms with E-state index in [1.54, 1.807) is 0 Å². The number of esters is 1. The molecular formula is C24H34NO3+. The number of rotatable bonds is 10. The summed E-state index contributed by atoms with van der Waals surface area (Å²) < 4.78 is 11.5. The van der Waals surface area contributed by atoms with Gasteiger partial charge in [-0.05, 0) is 55.9 Å². The van der Waals surface area contributed by atoms with E-state index in [2.05, 4.69) is 56.3 Å². The van der Waals surface area contributed by atoms with Gasteiger partial charge in [-0.2, -0.15) is 0 Å². The van der Waals surface area contributed by atoms with Crippen molar-refractivity contribution in [2.45, 2.75) is 45.6 Å². The van der Waals surface area contributed by atoms with Gasteiger partial charge in [-0.25, -0.2) is 0 Å². The highest BCUT2D eigenvalue weighted by molar-refractivity contribution is 5.86. The number of fused-ring (bicyclic) bond motifs is 1. The van der Waals surface area contributed by atoms with Crippen LogP contribution in [0.1, 0.15) is 38.7 Å². The summed E-state index contributed by atoms with van der Waals surface area (Å²) in [6, 6.07) is 14.7. The Labute approximate surface area is 168 Å². The fourth-order valence-corrected chi connectivity index (χ4v) is 4.16. The maximum Gasteiger partial charge on any atom is 0.309 e. The summed E-state index contributed by atoms with van der Waals surface area (Å²) in [5.41, 5.74) is 1.22. The van der Waals surface area contributed by atoms with Gasteiger partial charge in [-0.1, -0.05) is 42.5 Å². The van der Waals surface area contributed by atoms with Gasteiger partial charge in [0, 0.05) is 6.61 Å². The molecule has 1 fully saturated rings. The van der Waals surface area contributed by atoms with Gasteiger partial charge in [-0.3, -0.25) is 4.79 Å². The van der Waals surface area contributed by atoms with Crippen molar-refractivity contribution in [1.29, 1.82) is 0 Å². The maximum atomic E-state index is 12.9. The van der Waals surface area contributed by atoms with Gasteiger partial charge in [0.2, 0.25) is 0 Å². The van der Waals surface area contributed by atoms with E-state index in [1.165, 1.54) is 21.2 Å². The number of benzene rings is 2. The zero-order chi connectivity index (χ0) is 19.8. The first-order valence-electron chi connectivity index (χ1n) is 10.8. The minimum absolute atomic E-state index is 0.0741. The first-order chi connectivity index (χ1) is 13.7. The van der Waals surface area contributed by atoms with Crippen LogP contribution in [0.15, 0.2) is 42.5 Å². The van der Waals surface area contributed by atoms with Crippen molar-refractivity contribution in [3.8, 4) is 0 Å². The molecule has 3 rings (SSSR count). The van der Waals surface area contributed by atoms with Crippen LogP contribution in [0.5, 0.6) is 0 Å². The maximum absolute atomic E-state index is 12.9. The molecule has 0 bridgehead atoms. The number of likely N-dealkylation sites (N-methyl/N-ethyl adjacent to an activating group) is 1. The molecule has 4 heteroatoms. The highest BCUT2D eigenvalue weighted by atomic mass is 16.5. The minimum atomic E-state index is -0.152. The Bertz CT molecular complexity index is 745. The second kappa shape index (κ2) is 10.6. The van der Waals surface area contributed by atoms with Crippen molar-refractivity contribution >= 4 is 16.7 Å². The number of carbonyl (C=O) groups excluding carboxylic acids is 1. The number of nitrogens with one attached hydrogen (secondary N) is 1. The third-order valence-corrected chi connectivity index (χ3v) is 5.95. The zero-order valence-corrected chi connectivity index (χ0v) is 17.3. The van der Waals surface area contributed by atoms with Gasteiger partial charge in [0.05, 0.1) is 25.1 Å². The van der Waals surface area contributed by atoms with Crippen molar-refractivity contribution in [3.05, 3.63) is 48.0 Å². The van der Waals surface area contributed by atoms with Crippen LogP contribution in [-0.2, 0) is 20.7 Å². The SMILES string of the molecule is CC[NH+](CC)CCOC(=O)[C@@H](Cc1cccc2ccccc12)C[C@H]1CCCO1. The Kier molecular flexibility index (Phi) is 7.87. The zero-order valence-electron chi connectivity index (χ0n) is 17.3. The van der Waals surface area contributed by atoms with Crippen molar-refractivity contribution in [2.75, 3.05) is 32.8 Å². The number of hydrogen-bond acceptors (Lipinski definition) is 3. The predicted octanol–water partition coefficient (Wildman–Crippen LogP) is 3.04. The van der Waals surface area contributed by atoms with Gasteiger partial charge in [0.25, 0.3) is 0 Å². The van der Waals surface area contributed by atoms with Gasteiger partial charge in [-0.15, -0.1) is 0 Å². The van der Waals surface area contributed by atoms with E-state index in [9.17, 15) is 4.79 Å². The van der Waals surface area contributed by atoms with E-state index in [0.717, 1.165) is 45.5 Å². The lowest BCUT2D eigenvalue weighted by Gasteiger charge is -2.21. The van der Waals surface area contributed by atoms with Gasteiger partial charge >= 0.3 is 5.97 Å². The minimum Gasteiger partial charge on any atom is -0.459 e. The molecule has 1 saturated heterocycles. The molecule has 152 valence electrons. The standard InChI is InChI=1S/C24H33NO3/c1-3-25(4-2)14-16-28-24(26)21(18-22-12-8-15-27-22)17-20-11-7-10-19-9-5-6-13-23(19)20/h5-7,9-11,13,21-22H,3-4,8,12,14-18H2,1-2H3/p+1/t21-,22+/m0/s1. The third-order valence-electron chi connectivity index (χ3n) is 5.95. The summed E-state index contributed by atoms with van der Waals surface area (Å²) in [7, 11) is 0. The highest BCUT2D eigenvalue weighted by Crippen LogP contribution is 2.27. The van der Waals surface area contributed by atoms with Crippen LogP contribution in [0.25, 0.3) is 10.8 Å². The Morgan fingerprint density at radius 1 is 1.18 bits per heavy atom. The largest absolute Gasteiger partial charge is 0.459 e. The summed E-state index contributed by atoms with van der Waals surface area (Å²) in [6.45, 7) is 8.63. The molecule has 0 aromatic heterocycles. The predicted molar refractivity (Wildman–Crippen MR) is 113 cm³/mol. The normalized spacial score (nSPS) is 17.9. The Morgan fingerprint density at radius 3 is 2.71 bits per heavy atom. The highest BCUT2D eigenvalue weighted by Gasteiger charge is 2.28. The molecule has 0 amide bonds. The van der Waals surface area contributed by atoms with E-state index in [1.807, 2.05) is 0 Å². The van der Waals surface area contributed by atoms with Crippen LogP contribution in [0.4, 0.5) is 0 Å². The van der Waals surface area contributed by atoms with Crippen LogP contribution >= 0.6 is 0 Å². The number of carbonyl (C=O) groups is 1. The van der Waals surface area contributed by atoms with E-state index < -0.39 is 0 Å². The molecule has 0 radical (unpaired) electrons. The molecule has 0 spiro atoms. The molecule has 1 N–H and O–H groups in total. The summed E-state index contributed by atoms with van der Waals surface area (Å²) in [6.07, 6.45) is 3.77. The molecular weight excluding hydrogens is 350 g/mol. The molecule has 1 aliphatic heterocycles. The van der Waals surface area contributed by atoms with E-state index >= 15 is 0 Å². The molecule has 0 unspecified atom stereocenters. The topological polar surface area (TPSA) is 40.0 Å². The number of quaternary nitrogens is 1. The fourth-order valence-electron chi connectivity index (χ4n) is 4.16. The van der Waals surface area contributed by atoms with E-state index in [0.29, 0.717) is 13.0 Å². The third kappa shape index (κ3) is 5.55. The summed E-state index contributed by atoms with van der Waals surface area (Å²) >= 11 is 0. The average molecular weight is 385 g/mol. The monoisotopic (exact) mass is 384 g/mol. The molecule has 2 atom stereocenters. The quantitative estimate of drug-likeness (QED) is 0.640. The van der Waals surface area contributed by atoms with Crippen LogP contribution < -0.4 is 4.90 Å². The first-order valence-corrected chi connectivity index (χ1v) is 10.8. The molecule has 1 aliphatic rings. The van der Waals surface area contributed by atoms with Crippen molar-refractivity contribution < 1.29 is 19.2 Å². The van der Waals surface area contributed by atoms with Crippen molar-refractivity contribution in [3.63, 3.8) is 0 Å². The Balaban J connectivity index is 1.69. The van der Waals surface area contributed by atoms with Crippen LogP contribution in [0, 0.1) is 5.92 Å². The van der Waals surface area contributed by atoms with E-state index in [4.69, 9.17) is 9.47 Å². The Hall–Kier alpha value is -1.91. The average Bonchev–Trinajstić information content (AvgIpc) is 3.24. The molecule has 2 aromatic carbocycles. The van der Waals surface area contributed by atoms with Crippen LogP contribution in [0.2, 0.25) is 0 Å². The van der Waals surface area contributed by atoms with Crippen LogP contribution in [-0.4, -0.2) is 44.9 Å². The second-order valence-corrected chi connectivity index (χ2v) is 7.78. The van der Waals surface area contributed by atoms with Gasteiger partial charge in [0.1, 0.15) is 13.2 Å². The molecule has 1 heterocycles.